The molecule has 0 aliphatic rings. The molecule has 10 heteroatoms. The average molecular weight is 438 g/mol. The fourth-order valence-corrected chi connectivity index (χ4v) is 3.01. The van der Waals surface area contributed by atoms with Gasteiger partial charge in [0.2, 0.25) is 5.91 Å². The lowest BCUT2D eigenvalue weighted by Gasteiger charge is -2.11. The zero-order valence-corrected chi connectivity index (χ0v) is 17.1. The SMILES string of the molecule is COc1cc(Cl)c(C)cc1NC(=O)CSc1nnc(COc2ccc(F)cc2)o1. The van der Waals surface area contributed by atoms with Crippen LogP contribution in [0.2, 0.25) is 5.02 Å². The van der Waals surface area contributed by atoms with E-state index in [2.05, 4.69) is 15.5 Å². The lowest BCUT2D eigenvalue weighted by Crippen LogP contribution is -2.15. The first-order chi connectivity index (χ1) is 13.9. The molecule has 152 valence electrons. The highest BCUT2D eigenvalue weighted by molar-refractivity contribution is 7.99. The second-order valence-corrected chi connectivity index (χ2v) is 7.18. The first-order valence-electron chi connectivity index (χ1n) is 8.42. The maximum Gasteiger partial charge on any atom is 0.277 e. The van der Waals surface area contributed by atoms with Gasteiger partial charge in [-0.1, -0.05) is 23.4 Å². The summed E-state index contributed by atoms with van der Waals surface area (Å²) in [5.74, 6) is 0.635. The highest BCUT2D eigenvalue weighted by Gasteiger charge is 2.13. The summed E-state index contributed by atoms with van der Waals surface area (Å²) in [5.41, 5.74) is 1.34. The maximum atomic E-state index is 12.9. The Kier molecular flexibility index (Phi) is 6.95. The van der Waals surface area contributed by atoms with E-state index >= 15 is 0 Å². The number of anilines is 1. The second kappa shape index (κ2) is 9.62. The summed E-state index contributed by atoms with van der Waals surface area (Å²) in [6, 6.07) is 8.96. The number of methoxy groups -OCH3 is 1. The quantitative estimate of drug-likeness (QED) is 0.519. The Morgan fingerprint density at radius 2 is 2.03 bits per heavy atom. The molecule has 0 bridgehead atoms. The molecule has 1 aromatic heterocycles. The molecule has 3 rings (SSSR count). The van der Waals surface area contributed by atoms with E-state index < -0.39 is 0 Å². The van der Waals surface area contributed by atoms with Crippen LogP contribution in [0.4, 0.5) is 10.1 Å². The highest BCUT2D eigenvalue weighted by atomic mass is 35.5. The molecular formula is C19H17ClFN3O4S. The number of hydrogen-bond acceptors (Lipinski definition) is 7. The van der Waals surface area contributed by atoms with Gasteiger partial charge in [-0.25, -0.2) is 4.39 Å². The fraction of sp³-hybridized carbons (Fsp3) is 0.211. The smallest absolute Gasteiger partial charge is 0.277 e. The molecule has 0 aliphatic carbocycles. The van der Waals surface area contributed by atoms with Crippen LogP contribution in [0.25, 0.3) is 0 Å². The number of aromatic nitrogens is 2. The number of rotatable bonds is 8. The van der Waals surface area contributed by atoms with Crippen molar-refractivity contribution in [2.75, 3.05) is 18.2 Å². The number of ether oxygens (including phenoxy) is 2. The van der Waals surface area contributed by atoms with Gasteiger partial charge in [-0.3, -0.25) is 4.79 Å². The predicted molar refractivity (Wildman–Crippen MR) is 107 cm³/mol. The standard InChI is InChI=1S/C19H17ClFN3O4S/c1-11-7-15(16(26-2)8-14(11)20)22-17(25)10-29-19-24-23-18(28-19)9-27-13-5-3-12(21)4-6-13/h3-8H,9-10H2,1-2H3,(H,22,25). The highest BCUT2D eigenvalue weighted by Crippen LogP contribution is 2.31. The number of hydrogen-bond donors (Lipinski definition) is 1. The van der Waals surface area contributed by atoms with Crippen LogP contribution < -0.4 is 14.8 Å². The van der Waals surface area contributed by atoms with E-state index in [-0.39, 0.29) is 35.2 Å². The van der Waals surface area contributed by atoms with Gasteiger partial charge in [0.25, 0.3) is 11.1 Å². The van der Waals surface area contributed by atoms with Crippen molar-refractivity contribution in [1.82, 2.24) is 10.2 Å². The van der Waals surface area contributed by atoms with Crippen LogP contribution in [0.5, 0.6) is 11.5 Å². The third-order valence-corrected chi connectivity index (χ3v) is 4.93. The second-order valence-electron chi connectivity index (χ2n) is 5.84. The molecule has 0 saturated carbocycles. The van der Waals surface area contributed by atoms with Crippen LogP contribution in [0, 0.1) is 12.7 Å². The van der Waals surface area contributed by atoms with Gasteiger partial charge in [0.05, 0.1) is 18.6 Å². The van der Waals surface area contributed by atoms with Gasteiger partial charge in [-0.2, -0.15) is 0 Å². The first-order valence-corrected chi connectivity index (χ1v) is 9.78. The van der Waals surface area contributed by atoms with Crippen LogP contribution in [-0.4, -0.2) is 29.0 Å². The molecule has 1 heterocycles. The average Bonchev–Trinajstić information content (AvgIpc) is 3.16. The topological polar surface area (TPSA) is 86.5 Å². The summed E-state index contributed by atoms with van der Waals surface area (Å²) >= 11 is 7.15. The summed E-state index contributed by atoms with van der Waals surface area (Å²) in [4.78, 5) is 12.2. The lowest BCUT2D eigenvalue weighted by molar-refractivity contribution is -0.113. The fourth-order valence-electron chi connectivity index (χ4n) is 2.27. The van der Waals surface area contributed by atoms with Crippen molar-refractivity contribution >= 4 is 35.0 Å². The molecule has 0 spiro atoms. The minimum absolute atomic E-state index is 0.0344. The van der Waals surface area contributed by atoms with Crippen molar-refractivity contribution in [3.05, 3.63) is 58.7 Å². The number of thioether (sulfide) groups is 1. The molecule has 0 unspecified atom stereocenters. The molecule has 0 fully saturated rings. The minimum atomic E-state index is -0.349. The molecule has 0 saturated heterocycles. The van der Waals surface area contributed by atoms with Crippen LogP contribution >= 0.6 is 23.4 Å². The molecule has 0 atom stereocenters. The molecule has 29 heavy (non-hydrogen) atoms. The Labute approximate surface area is 175 Å². The van der Waals surface area contributed by atoms with Crippen molar-refractivity contribution in [3.8, 4) is 11.5 Å². The van der Waals surface area contributed by atoms with Crippen LogP contribution in [0.3, 0.4) is 0 Å². The normalized spacial score (nSPS) is 10.6. The molecule has 0 radical (unpaired) electrons. The summed E-state index contributed by atoms with van der Waals surface area (Å²) in [6.07, 6.45) is 0. The van der Waals surface area contributed by atoms with Crippen LogP contribution in [-0.2, 0) is 11.4 Å². The Balaban J connectivity index is 1.51. The van der Waals surface area contributed by atoms with Crippen molar-refractivity contribution < 1.29 is 23.1 Å². The van der Waals surface area contributed by atoms with Crippen LogP contribution in [0.1, 0.15) is 11.5 Å². The molecular weight excluding hydrogens is 421 g/mol. The van der Waals surface area contributed by atoms with E-state index in [1.165, 1.54) is 31.4 Å². The minimum Gasteiger partial charge on any atom is -0.495 e. The van der Waals surface area contributed by atoms with E-state index in [1.807, 2.05) is 6.92 Å². The number of nitrogens with one attached hydrogen (secondary N) is 1. The van der Waals surface area contributed by atoms with Gasteiger partial charge in [0.15, 0.2) is 6.61 Å². The summed E-state index contributed by atoms with van der Waals surface area (Å²) in [5, 5.41) is 11.3. The Bertz CT molecular complexity index is 998. The number of carbonyl (C=O) groups is 1. The summed E-state index contributed by atoms with van der Waals surface area (Å²) in [6.45, 7) is 1.87. The summed E-state index contributed by atoms with van der Waals surface area (Å²) in [7, 11) is 1.50. The van der Waals surface area contributed by atoms with Gasteiger partial charge in [0.1, 0.15) is 17.3 Å². The van der Waals surface area contributed by atoms with Gasteiger partial charge in [-0.05, 0) is 42.8 Å². The molecule has 3 aromatic rings. The van der Waals surface area contributed by atoms with Crippen molar-refractivity contribution in [2.24, 2.45) is 0 Å². The van der Waals surface area contributed by atoms with Gasteiger partial charge < -0.3 is 19.2 Å². The van der Waals surface area contributed by atoms with Gasteiger partial charge >= 0.3 is 0 Å². The van der Waals surface area contributed by atoms with Gasteiger partial charge in [-0.15, -0.1) is 10.2 Å². The Morgan fingerprint density at radius 1 is 1.28 bits per heavy atom. The summed E-state index contributed by atoms with van der Waals surface area (Å²) < 4.78 is 29.0. The molecule has 1 N–H and O–H groups in total. The zero-order valence-electron chi connectivity index (χ0n) is 15.6. The van der Waals surface area contributed by atoms with Crippen LogP contribution in [0.15, 0.2) is 46.0 Å². The van der Waals surface area contributed by atoms with E-state index in [9.17, 15) is 9.18 Å². The zero-order chi connectivity index (χ0) is 20.8. The monoisotopic (exact) mass is 437 g/mol. The van der Waals surface area contributed by atoms with E-state index in [1.54, 1.807) is 12.1 Å². The molecule has 7 nitrogen and oxygen atoms in total. The number of halogens is 2. The molecule has 2 aromatic carbocycles. The van der Waals surface area contributed by atoms with Gasteiger partial charge in [0, 0.05) is 11.1 Å². The molecule has 0 aliphatic heterocycles. The van der Waals surface area contributed by atoms with Crippen molar-refractivity contribution in [1.29, 1.82) is 0 Å². The van der Waals surface area contributed by atoms with E-state index in [0.717, 1.165) is 17.3 Å². The third kappa shape index (κ3) is 5.85. The van der Waals surface area contributed by atoms with E-state index in [0.29, 0.717) is 22.2 Å². The Morgan fingerprint density at radius 3 is 2.76 bits per heavy atom. The van der Waals surface area contributed by atoms with Crippen molar-refractivity contribution in [3.63, 3.8) is 0 Å². The number of nitrogens with zero attached hydrogens (tertiary/aromatic N) is 2. The lowest BCUT2D eigenvalue weighted by atomic mass is 10.2. The molecule has 1 amide bonds. The van der Waals surface area contributed by atoms with Crippen molar-refractivity contribution in [2.45, 2.75) is 18.8 Å². The number of amides is 1. The number of benzene rings is 2. The third-order valence-electron chi connectivity index (χ3n) is 3.71. The number of carbonyl (C=O) groups excluding carboxylic acids is 1. The first kappa shape index (κ1) is 20.9. The number of aryl methyl sites for hydroxylation is 1. The Hall–Kier alpha value is -2.78. The predicted octanol–water partition coefficient (Wildman–Crippen LogP) is 4.49. The maximum absolute atomic E-state index is 12.9. The van der Waals surface area contributed by atoms with E-state index in [4.69, 9.17) is 25.5 Å². The largest absolute Gasteiger partial charge is 0.495 e.